The Morgan fingerprint density at radius 1 is 0.750 bits per heavy atom. The van der Waals surface area contributed by atoms with E-state index in [1.807, 2.05) is 65.1 Å². The molecule has 116 valence electrons. The Balaban J connectivity index is 2.05. The maximum absolute atomic E-state index is 9.49. The number of nitrogens with zero attached hydrogens (tertiary/aromatic N) is 2. The van der Waals surface area contributed by atoms with Crippen molar-refractivity contribution in [2.75, 3.05) is 0 Å². The minimum Gasteiger partial charge on any atom is -0.423 e. The van der Waals surface area contributed by atoms with Crippen LogP contribution in [-0.2, 0) is 0 Å². The van der Waals surface area contributed by atoms with Crippen LogP contribution in [0.2, 0.25) is 0 Å². The number of pyridine rings is 1. The van der Waals surface area contributed by atoms with E-state index in [9.17, 15) is 10.0 Å². The lowest BCUT2D eigenvalue weighted by Crippen LogP contribution is -2.30. The van der Waals surface area contributed by atoms with Crippen LogP contribution in [0.5, 0.6) is 0 Å². The Morgan fingerprint density at radius 3 is 2.00 bits per heavy atom. The first-order valence-electron chi connectivity index (χ1n) is 7.73. The number of rotatable bonds is 3. The average molecular weight is 314 g/mol. The van der Waals surface area contributed by atoms with Gasteiger partial charge in [0.2, 0.25) is 0 Å². The molecule has 0 unspecified atom stereocenters. The van der Waals surface area contributed by atoms with Gasteiger partial charge >= 0.3 is 7.12 Å². The van der Waals surface area contributed by atoms with E-state index in [4.69, 9.17) is 4.98 Å². The van der Waals surface area contributed by atoms with Gasteiger partial charge in [0.1, 0.15) is 5.65 Å². The van der Waals surface area contributed by atoms with Crippen LogP contribution < -0.4 is 5.46 Å². The Hall–Kier alpha value is -2.89. The summed E-state index contributed by atoms with van der Waals surface area (Å²) in [6.45, 7) is 0. The van der Waals surface area contributed by atoms with Gasteiger partial charge in [-0.1, -0.05) is 66.7 Å². The van der Waals surface area contributed by atoms with Crippen molar-refractivity contribution in [3.05, 3.63) is 79.0 Å². The summed E-state index contributed by atoms with van der Waals surface area (Å²) < 4.78 is 1.91. The zero-order chi connectivity index (χ0) is 16.5. The van der Waals surface area contributed by atoms with Crippen molar-refractivity contribution >= 4 is 18.2 Å². The summed E-state index contributed by atoms with van der Waals surface area (Å²) in [6, 6.07) is 23.4. The zero-order valence-electron chi connectivity index (χ0n) is 12.9. The summed E-state index contributed by atoms with van der Waals surface area (Å²) in [6.07, 6.45) is 1.72. The predicted molar refractivity (Wildman–Crippen MR) is 95.9 cm³/mol. The molecule has 4 nitrogen and oxygen atoms in total. The maximum atomic E-state index is 9.49. The van der Waals surface area contributed by atoms with Crippen molar-refractivity contribution in [3.63, 3.8) is 0 Å². The van der Waals surface area contributed by atoms with Crippen molar-refractivity contribution in [1.29, 1.82) is 0 Å². The lowest BCUT2D eigenvalue weighted by atomic mass is 9.82. The lowest BCUT2D eigenvalue weighted by molar-refractivity contribution is 0.425. The molecule has 2 N–H and O–H groups in total. The largest absolute Gasteiger partial charge is 0.489 e. The molecule has 24 heavy (non-hydrogen) atoms. The van der Waals surface area contributed by atoms with E-state index < -0.39 is 7.12 Å². The highest BCUT2D eigenvalue weighted by Gasteiger charge is 2.18. The first-order valence-corrected chi connectivity index (χ1v) is 7.73. The van der Waals surface area contributed by atoms with Crippen LogP contribution in [0.25, 0.3) is 28.2 Å². The molecule has 0 radical (unpaired) electrons. The van der Waals surface area contributed by atoms with E-state index in [-0.39, 0.29) is 0 Å². The monoisotopic (exact) mass is 314 g/mol. The first-order chi connectivity index (χ1) is 11.7. The van der Waals surface area contributed by atoms with Gasteiger partial charge in [0.15, 0.2) is 0 Å². The molecule has 0 fully saturated rings. The summed E-state index contributed by atoms with van der Waals surface area (Å²) in [7, 11) is -1.51. The Morgan fingerprint density at radius 2 is 1.38 bits per heavy atom. The van der Waals surface area contributed by atoms with Gasteiger partial charge in [-0.2, -0.15) is 0 Å². The second kappa shape index (κ2) is 5.96. The van der Waals surface area contributed by atoms with Gasteiger partial charge in [0.05, 0.1) is 11.4 Å². The standard InChI is InChI=1S/C19H15BN2O2/c23-20(24)16-11-12-17-21-18(14-7-3-1-4-8-14)19(22(17)13-16)15-9-5-2-6-10-15/h1-13,23-24H. The van der Waals surface area contributed by atoms with Crippen LogP contribution in [0.15, 0.2) is 79.0 Å². The molecule has 4 rings (SSSR count). The van der Waals surface area contributed by atoms with Gasteiger partial charge in [-0.15, -0.1) is 0 Å². The molecule has 0 bridgehead atoms. The van der Waals surface area contributed by atoms with E-state index in [0.717, 1.165) is 28.2 Å². The molecule has 2 heterocycles. The van der Waals surface area contributed by atoms with Gasteiger partial charge in [-0.25, -0.2) is 4.98 Å². The molecule has 2 aromatic heterocycles. The normalized spacial score (nSPS) is 10.9. The van der Waals surface area contributed by atoms with Crippen LogP contribution in [0.4, 0.5) is 0 Å². The number of aromatic nitrogens is 2. The quantitative estimate of drug-likeness (QED) is 0.571. The second-order valence-corrected chi connectivity index (χ2v) is 5.61. The number of hydrogen-bond acceptors (Lipinski definition) is 3. The third-order valence-electron chi connectivity index (χ3n) is 4.03. The molecule has 0 aliphatic carbocycles. The molecule has 0 spiro atoms. The van der Waals surface area contributed by atoms with Crippen molar-refractivity contribution in [1.82, 2.24) is 9.38 Å². The minimum atomic E-state index is -1.51. The minimum absolute atomic E-state index is 0.427. The highest BCUT2D eigenvalue weighted by Crippen LogP contribution is 2.32. The summed E-state index contributed by atoms with van der Waals surface area (Å²) in [5.41, 5.74) is 5.03. The van der Waals surface area contributed by atoms with Gasteiger partial charge in [0, 0.05) is 17.3 Å². The van der Waals surface area contributed by atoms with Crippen LogP contribution in [-0.4, -0.2) is 26.6 Å². The molecule has 0 aliphatic heterocycles. The molecule has 5 heteroatoms. The average Bonchev–Trinajstić information content (AvgIpc) is 3.01. The van der Waals surface area contributed by atoms with Gasteiger partial charge in [-0.05, 0) is 11.5 Å². The third-order valence-corrected chi connectivity index (χ3v) is 4.03. The first kappa shape index (κ1) is 14.7. The molecule has 0 amide bonds. The maximum Gasteiger partial charge on any atom is 0.489 e. The van der Waals surface area contributed by atoms with Crippen molar-refractivity contribution in [2.24, 2.45) is 0 Å². The zero-order valence-corrected chi connectivity index (χ0v) is 12.9. The number of hydrogen-bond donors (Lipinski definition) is 2. The van der Waals surface area contributed by atoms with Crippen LogP contribution >= 0.6 is 0 Å². The third kappa shape index (κ3) is 2.50. The fourth-order valence-electron chi connectivity index (χ4n) is 2.88. The SMILES string of the molecule is OB(O)c1ccc2nc(-c3ccccc3)c(-c3ccccc3)n2c1. The van der Waals surface area contributed by atoms with Gasteiger partial charge in [-0.3, -0.25) is 4.40 Å². The fraction of sp³-hybridized carbons (Fsp3) is 0. The van der Waals surface area contributed by atoms with Gasteiger partial charge in [0.25, 0.3) is 0 Å². The van der Waals surface area contributed by atoms with E-state index in [1.165, 1.54) is 0 Å². The van der Waals surface area contributed by atoms with Crippen LogP contribution in [0.1, 0.15) is 0 Å². The van der Waals surface area contributed by atoms with Crippen molar-refractivity contribution < 1.29 is 10.0 Å². The summed E-state index contributed by atoms with van der Waals surface area (Å²) in [5, 5.41) is 19.0. The van der Waals surface area contributed by atoms with E-state index in [1.54, 1.807) is 18.3 Å². The predicted octanol–water partition coefficient (Wildman–Crippen LogP) is 2.35. The Labute approximate surface area is 139 Å². The summed E-state index contributed by atoms with van der Waals surface area (Å²) in [4.78, 5) is 4.76. The van der Waals surface area contributed by atoms with Crippen LogP contribution in [0.3, 0.4) is 0 Å². The highest BCUT2D eigenvalue weighted by molar-refractivity contribution is 6.58. The molecule has 2 aromatic carbocycles. The number of fused-ring (bicyclic) bond motifs is 1. The number of imidazole rings is 1. The van der Waals surface area contributed by atoms with E-state index in [2.05, 4.69) is 0 Å². The van der Waals surface area contributed by atoms with E-state index in [0.29, 0.717) is 5.46 Å². The lowest BCUT2D eigenvalue weighted by Gasteiger charge is -2.07. The summed E-state index contributed by atoms with van der Waals surface area (Å²) in [5.74, 6) is 0. The Bertz CT molecular complexity index is 982. The van der Waals surface area contributed by atoms with Crippen molar-refractivity contribution in [3.8, 4) is 22.5 Å². The molecule has 0 saturated carbocycles. The topological polar surface area (TPSA) is 57.8 Å². The molecule has 4 aromatic rings. The van der Waals surface area contributed by atoms with Crippen molar-refractivity contribution in [2.45, 2.75) is 0 Å². The van der Waals surface area contributed by atoms with E-state index >= 15 is 0 Å². The fourth-order valence-corrected chi connectivity index (χ4v) is 2.88. The molecule has 0 atom stereocenters. The smallest absolute Gasteiger partial charge is 0.423 e. The molecular weight excluding hydrogens is 299 g/mol. The molecular formula is C19H15BN2O2. The Kier molecular flexibility index (Phi) is 3.65. The van der Waals surface area contributed by atoms with Crippen LogP contribution in [0, 0.1) is 0 Å². The second-order valence-electron chi connectivity index (χ2n) is 5.61. The van der Waals surface area contributed by atoms with Gasteiger partial charge < -0.3 is 10.0 Å². The summed E-state index contributed by atoms with van der Waals surface area (Å²) >= 11 is 0. The highest BCUT2D eigenvalue weighted by atomic mass is 16.4. The molecule has 0 aliphatic rings. The number of benzene rings is 2. The molecule has 0 saturated heterocycles.